The molecule has 0 heterocycles. The van der Waals surface area contributed by atoms with Crippen molar-refractivity contribution < 1.29 is 4.79 Å². The Balaban J connectivity index is 2.87. The van der Waals surface area contributed by atoms with Crippen LogP contribution in [0.3, 0.4) is 0 Å². The molecule has 0 fully saturated rings. The second-order valence-corrected chi connectivity index (χ2v) is 4.34. The SMILES string of the molecule is O=CCCCCCCCCCCCCN=O. The summed E-state index contributed by atoms with van der Waals surface area (Å²) in [5, 5.41) is 2.84. The number of carbonyl (C=O) groups is 1. The maximum atomic E-state index is 10.1. The van der Waals surface area contributed by atoms with Gasteiger partial charge in [-0.25, -0.2) is 0 Å². The monoisotopic (exact) mass is 227 g/mol. The number of nitroso groups, excluding NO2 is 1. The molecule has 0 aliphatic heterocycles. The zero-order chi connectivity index (χ0) is 11.9. The van der Waals surface area contributed by atoms with Gasteiger partial charge >= 0.3 is 0 Å². The molecule has 3 nitrogen and oxygen atoms in total. The molecule has 0 N–H and O–H groups in total. The van der Waals surface area contributed by atoms with Crippen LogP contribution >= 0.6 is 0 Å². The van der Waals surface area contributed by atoms with Crippen LogP contribution < -0.4 is 0 Å². The molecule has 0 aliphatic rings. The maximum Gasteiger partial charge on any atom is 0.119 e. The second kappa shape index (κ2) is 14.3. The summed E-state index contributed by atoms with van der Waals surface area (Å²) in [4.78, 5) is 19.9. The van der Waals surface area contributed by atoms with E-state index in [1.165, 1.54) is 44.9 Å². The fourth-order valence-corrected chi connectivity index (χ4v) is 1.82. The lowest BCUT2D eigenvalue weighted by Crippen LogP contribution is -1.84. The first-order valence-corrected chi connectivity index (χ1v) is 6.64. The summed E-state index contributed by atoms with van der Waals surface area (Å²) in [6.45, 7) is 0.483. The van der Waals surface area contributed by atoms with Crippen LogP contribution in [-0.2, 0) is 4.79 Å². The smallest absolute Gasteiger partial charge is 0.119 e. The third-order valence-electron chi connectivity index (χ3n) is 2.82. The summed E-state index contributed by atoms with van der Waals surface area (Å²) >= 11 is 0. The molecule has 0 unspecified atom stereocenters. The van der Waals surface area contributed by atoms with Crippen LogP contribution in [0.2, 0.25) is 0 Å². The predicted molar refractivity (Wildman–Crippen MR) is 67.5 cm³/mol. The van der Waals surface area contributed by atoms with Crippen molar-refractivity contribution in [2.24, 2.45) is 5.18 Å². The van der Waals surface area contributed by atoms with Gasteiger partial charge in [0.25, 0.3) is 0 Å². The fraction of sp³-hybridized carbons (Fsp3) is 0.923. The van der Waals surface area contributed by atoms with E-state index in [0.717, 1.165) is 32.0 Å². The molecule has 0 atom stereocenters. The molecule has 0 aromatic carbocycles. The highest BCUT2D eigenvalue weighted by Gasteiger charge is 1.93. The molecule has 16 heavy (non-hydrogen) atoms. The molecule has 0 aliphatic carbocycles. The van der Waals surface area contributed by atoms with Gasteiger partial charge in [0.1, 0.15) is 6.29 Å². The minimum absolute atomic E-state index is 0.483. The first-order chi connectivity index (χ1) is 7.91. The molecule has 0 spiro atoms. The number of aldehydes is 1. The Hall–Kier alpha value is -0.730. The Morgan fingerprint density at radius 2 is 1.12 bits per heavy atom. The van der Waals surface area contributed by atoms with Gasteiger partial charge in [-0.2, -0.15) is 4.91 Å². The number of carbonyl (C=O) groups excluding carboxylic acids is 1. The molecule has 0 amide bonds. The van der Waals surface area contributed by atoms with Crippen LogP contribution in [-0.4, -0.2) is 12.8 Å². The highest BCUT2D eigenvalue weighted by Crippen LogP contribution is 2.10. The van der Waals surface area contributed by atoms with E-state index in [0.29, 0.717) is 6.54 Å². The van der Waals surface area contributed by atoms with Gasteiger partial charge in [0.15, 0.2) is 0 Å². The largest absolute Gasteiger partial charge is 0.303 e. The van der Waals surface area contributed by atoms with E-state index in [-0.39, 0.29) is 0 Å². The van der Waals surface area contributed by atoms with Gasteiger partial charge in [-0.3, -0.25) is 0 Å². The van der Waals surface area contributed by atoms with Crippen LogP contribution in [0.5, 0.6) is 0 Å². The van der Waals surface area contributed by atoms with Crippen molar-refractivity contribution in [1.29, 1.82) is 0 Å². The van der Waals surface area contributed by atoms with Gasteiger partial charge in [-0.05, 0) is 12.8 Å². The number of rotatable bonds is 13. The summed E-state index contributed by atoms with van der Waals surface area (Å²) in [6.07, 6.45) is 13.8. The van der Waals surface area contributed by atoms with E-state index in [1.807, 2.05) is 0 Å². The highest BCUT2D eigenvalue weighted by atomic mass is 16.3. The first kappa shape index (κ1) is 15.3. The van der Waals surface area contributed by atoms with Crippen molar-refractivity contribution in [3.8, 4) is 0 Å². The summed E-state index contributed by atoms with van der Waals surface area (Å²) in [7, 11) is 0. The number of hydrogen-bond donors (Lipinski definition) is 0. The first-order valence-electron chi connectivity index (χ1n) is 6.64. The van der Waals surface area contributed by atoms with Gasteiger partial charge in [0, 0.05) is 6.42 Å². The molecule has 3 heteroatoms. The van der Waals surface area contributed by atoms with E-state index >= 15 is 0 Å². The molecule has 0 saturated carbocycles. The van der Waals surface area contributed by atoms with E-state index in [1.54, 1.807) is 0 Å². The third-order valence-corrected chi connectivity index (χ3v) is 2.82. The van der Waals surface area contributed by atoms with Gasteiger partial charge in [-0.15, -0.1) is 0 Å². The van der Waals surface area contributed by atoms with Crippen LogP contribution in [0.15, 0.2) is 5.18 Å². The number of nitrogens with zero attached hydrogens (tertiary/aromatic N) is 1. The average Bonchev–Trinajstić information content (AvgIpc) is 2.31. The lowest BCUT2D eigenvalue weighted by Gasteiger charge is -2.01. The van der Waals surface area contributed by atoms with Crippen LogP contribution in [0.1, 0.15) is 70.6 Å². The standard InChI is InChI=1S/C13H25NO2/c15-13-11-9-7-5-3-1-2-4-6-8-10-12-14-16/h13H,1-12H2. The van der Waals surface area contributed by atoms with E-state index in [4.69, 9.17) is 0 Å². The van der Waals surface area contributed by atoms with Gasteiger partial charge in [0.05, 0.1) is 6.54 Å². The molecule has 0 radical (unpaired) electrons. The Labute approximate surface area is 99.0 Å². The van der Waals surface area contributed by atoms with Crippen LogP contribution in [0, 0.1) is 4.91 Å². The van der Waals surface area contributed by atoms with Crippen molar-refractivity contribution >= 4 is 6.29 Å². The maximum absolute atomic E-state index is 10.1. The van der Waals surface area contributed by atoms with Gasteiger partial charge in [-0.1, -0.05) is 56.5 Å². The Bertz CT molecular complexity index is 142. The molecular formula is C13H25NO2. The Morgan fingerprint density at radius 3 is 1.56 bits per heavy atom. The molecular weight excluding hydrogens is 202 g/mol. The summed E-state index contributed by atoms with van der Waals surface area (Å²) < 4.78 is 0. The second-order valence-electron chi connectivity index (χ2n) is 4.34. The summed E-state index contributed by atoms with van der Waals surface area (Å²) in [5.41, 5.74) is 0. The molecule has 0 saturated heterocycles. The highest BCUT2D eigenvalue weighted by molar-refractivity contribution is 5.48. The van der Waals surface area contributed by atoms with E-state index in [2.05, 4.69) is 5.18 Å². The molecule has 0 bridgehead atoms. The van der Waals surface area contributed by atoms with Crippen LogP contribution in [0.25, 0.3) is 0 Å². The third kappa shape index (κ3) is 13.3. The van der Waals surface area contributed by atoms with Crippen molar-refractivity contribution in [1.82, 2.24) is 0 Å². The molecule has 0 aromatic heterocycles. The van der Waals surface area contributed by atoms with Crippen molar-refractivity contribution in [2.45, 2.75) is 70.6 Å². The lowest BCUT2D eigenvalue weighted by atomic mass is 10.1. The fourth-order valence-electron chi connectivity index (χ4n) is 1.82. The minimum atomic E-state index is 0.483. The van der Waals surface area contributed by atoms with E-state index in [9.17, 15) is 9.70 Å². The van der Waals surface area contributed by atoms with Crippen molar-refractivity contribution in [3.63, 3.8) is 0 Å². The normalized spacial score (nSPS) is 10.2. The van der Waals surface area contributed by atoms with E-state index < -0.39 is 0 Å². The predicted octanol–water partition coefficient (Wildman–Crippen LogP) is 4.24. The summed E-state index contributed by atoms with van der Waals surface area (Å²) in [6, 6.07) is 0. The molecule has 94 valence electrons. The lowest BCUT2D eigenvalue weighted by molar-refractivity contribution is -0.107. The number of unbranched alkanes of at least 4 members (excludes halogenated alkanes) is 10. The van der Waals surface area contributed by atoms with Crippen LogP contribution in [0.4, 0.5) is 0 Å². The summed E-state index contributed by atoms with van der Waals surface area (Å²) in [5.74, 6) is 0. The zero-order valence-electron chi connectivity index (χ0n) is 10.3. The molecule has 0 rings (SSSR count). The Morgan fingerprint density at radius 1 is 0.688 bits per heavy atom. The topological polar surface area (TPSA) is 46.5 Å². The Kier molecular flexibility index (Phi) is 13.6. The van der Waals surface area contributed by atoms with Crippen molar-refractivity contribution in [3.05, 3.63) is 4.91 Å². The average molecular weight is 227 g/mol. The zero-order valence-corrected chi connectivity index (χ0v) is 10.3. The van der Waals surface area contributed by atoms with Crippen molar-refractivity contribution in [2.75, 3.05) is 6.54 Å². The van der Waals surface area contributed by atoms with Gasteiger partial charge < -0.3 is 4.79 Å². The molecule has 0 aromatic rings. The number of hydrogen-bond acceptors (Lipinski definition) is 3. The minimum Gasteiger partial charge on any atom is -0.303 e. The quantitative estimate of drug-likeness (QED) is 0.268. The van der Waals surface area contributed by atoms with Gasteiger partial charge in [0.2, 0.25) is 0 Å².